The van der Waals surface area contributed by atoms with E-state index in [1.807, 2.05) is 0 Å². The fourth-order valence-electron chi connectivity index (χ4n) is 6.59. The number of rotatable bonds is 7. The molecule has 0 radical (unpaired) electrons. The third-order valence-corrected chi connectivity index (χ3v) is 8.05. The summed E-state index contributed by atoms with van der Waals surface area (Å²) in [7, 11) is 1.72. The Balaban J connectivity index is 1.28. The quantitative estimate of drug-likeness (QED) is 0.508. The van der Waals surface area contributed by atoms with Gasteiger partial charge in [0.25, 0.3) is 0 Å². The normalized spacial score (nSPS) is 29.2. The van der Waals surface area contributed by atoms with Gasteiger partial charge in [-0.2, -0.15) is 0 Å². The summed E-state index contributed by atoms with van der Waals surface area (Å²) in [6.45, 7) is 3.52. The molecule has 0 aromatic heterocycles. The number of methoxy groups -OCH3 is 1. The largest absolute Gasteiger partial charge is 0.493 e. The lowest BCUT2D eigenvalue weighted by atomic mass is 9.53. The third kappa shape index (κ3) is 4.13. The van der Waals surface area contributed by atoms with Crippen LogP contribution in [0.25, 0.3) is 0 Å². The van der Waals surface area contributed by atoms with Crippen molar-refractivity contribution in [1.82, 2.24) is 5.32 Å². The second-order valence-electron chi connectivity index (χ2n) is 9.94. The van der Waals surface area contributed by atoms with Crippen molar-refractivity contribution in [1.29, 1.82) is 0 Å². The standard InChI is InChI=1S/C26H32BrNO2/c1-17-4-3-5-18(6-17)16-30-25-23(27)10-22(11-24(25)29-2)15-28-26-12-19-7-20(13-26)9-21(8-19)14-26/h3-6,10-11,19-21,28H,7-9,12-16H2,1-2H3. The zero-order chi connectivity index (χ0) is 20.7. The summed E-state index contributed by atoms with van der Waals surface area (Å²) in [6.07, 6.45) is 8.55. The molecule has 0 amide bonds. The molecule has 4 aliphatic carbocycles. The maximum absolute atomic E-state index is 6.14. The zero-order valence-electron chi connectivity index (χ0n) is 18.0. The molecule has 4 fully saturated rings. The van der Waals surface area contributed by atoms with Crippen LogP contribution in [0.1, 0.15) is 55.2 Å². The Labute approximate surface area is 188 Å². The number of hydrogen-bond acceptors (Lipinski definition) is 3. The van der Waals surface area contributed by atoms with Gasteiger partial charge >= 0.3 is 0 Å². The minimum Gasteiger partial charge on any atom is -0.493 e. The van der Waals surface area contributed by atoms with Crippen LogP contribution in [0.4, 0.5) is 0 Å². The van der Waals surface area contributed by atoms with Crippen LogP contribution in [0.3, 0.4) is 0 Å². The second kappa shape index (κ2) is 8.20. The summed E-state index contributed by atoms with van der Waals surface area (Å²) < 4.78 is 12.8. The Hall–Kier alpha value is -1.52. The molecule has 0 spiro atoms. The van der Waals surface area contributed by atoms with Crippen LogP contribution in [0.2, 0.25) is 0 Å². The van der Waals surface area contributed by atoms with E-state index in [2.05, 4.69) is 64.6 Å². The minimum atomic E-state index is 0.370. The van der Waals surface area contributed by atoms with Crippen molar-refractivity contribution >= 4 is 15.9 Å². The minimum absolute atomic E-state index is 0.370. The van der Waals surface area contributed by atoms with Crippen LogP contribution < -0.4 is 14.8 Å². The van der Waals surface area contributed by atoms with E-state index >= 15 is 0 Å². The van der Waals surface area contributed by atoms with Crippen molar-refractivity contribution in [2.75, 3.05) is 7.11 Å². The van der Waals surface area contributed by atoms with Crippen molar-refractivity contribution in [2.24, 2.45) is 17.8 Å². The molecular formula is C26H32BrNO2. The SMILES string of the molecule is COc1cc(CNC23CC4CC(CC(C4)C2)C3)cc(Br)c1OCc1cccc(C)c1. The van der Waals surface area contributed by atoms with Gasteiger partial charge in [-0.1, -0.05) is 29.8 Å². The molecule has 160 valence electrons. The predicted octanol–water partition coefficient (Wildman–Crippen LogP) is 6.40. The molecule has 4 saturated carbocycles. The molecule has 2 aromatic rings. The summed E-state index contributed by atoms with van der Waals surface area (Å²) in [5, 5.41) is 3.99. The van der Waals surface area contributed by atoms with E-state index in [1.54, 1.807) is 7.11 Å². The number of aryl methyl sites for hydroxylation is 1. The van der Waals surface area contributed by atoms with E-state index in [4.69, 9.17) is 9.47 Å². The van der Waals surface area contributed by atoms with Crippen molar-refractivity contribution in [3.63, 3.8) is 0 Å². The Morgan fingerprint density at radius 2 is 1.70 bits per heavy atom. The van der Waals surface area contributed by atoms with E-state index < -0.39 is 0 Å². The van der Waals surface area contributed by atoms with Crippen molar-refractivity contribution in [3.05, 3.63) is 57.6 Å². The predicted molar refractivity (Wildman–Crippen MR) is 124 cm³/mol. The fourth-order valence-corrected chi connectivity index (χ4v) is 7.19. The van der Waals surface area contributed by atoms with Gasteiger partial charge in [-0.15, -0.1) is 0 Å². The molecule has 4 aliphatic rings. The Kier molecular flexibility index (Phi) is 5.57. The van der Waals surface area contributed by atoms with Crippen LogP contribution in [-0.4, -0.2) is 12.6 Å². The van der Waals surface area contributed by atoms with Crippen LogP contribution in [0.5, 0.6) is 11.5 Å². The zero-order valence-corrected chi connectivity index (χ0v) is 19.6. The van der Waals surface area contributed by atoms with Gasteiger partial charge in [0, 0.05) is 12.1 Å². The average molecular weight is 470 g/mol. The first-order valence-electron chi connectivity index (χ1n) is 11.3. The van der Waals surface area contributed by atoms with Crippen LogP contribution in [0.15, 0.2) is 40.9 Å². The van der Waals surface area contributed by atoms with E-state index in [0.717, 1.165) is 45.8 Å². The summed E-state index contributed by atoms with van der Waals surface area (Å²) in [4.78, 5) is 0. The Bertz CT molecular complexity index is 890. The molecule has 0 atom stereocenters. The summed E-state index contributed by atoms with van der Waals surface area (Å²) in [5.74, 6) is 4.45. The highest BCUT2D eigenvalue weighted by Gasteiger charge is 2.50. The molecule has 0 saturated heterocycles. The van der Waals surface area contributed by atoms with Gasteiger partial charge in [0.05, 0.1) is 11.6 Å². The summed E-state index contributed by atoms with van der Waals surface area (Å²) >= 11 is 3.73. The monoisotopic (exact) mass is 469 g/mol. The van der Waals surface area contributed by atoms with E-state index in [9.17, 15) is 0 Å². The molecular weight excluding hydrogens is 438 g/mol. The van der Waals surface area contributed by atoms with E-state index in [1.165, 1.54) is 49.7 Å². The average Bonchev–Trinajstić information content (AvgIpc) is 2.70. The molecule has 2 aromatic carbocycles. The number of hydrogen-bond donors (Lipinski definition) is 1. The fraction of sp³-hybridized carbons (Fsp3) is 0.538. The highest BCUT2D eigenvalue weighted by atomic mass is 79.9. The number of ether oxygens (including phenoxy) is 2. The van der Waals surface area contributed by atoms with Crippen LogP contribution >= 0.6 is 15.9 Å². The smallest absolute Gasteiger partial charge is 0.175 e. The first-order chi connectivity index (χ1) is 14.5. The molecule has 30 heavy (non-hydrogen) atoms. The molecule has 1 N–H and O–H groups in total. The molecule has 3 nitrogen and oxygen atoms in total. The lowest BCUT2D eigenvalue weighted by molar-refractivity contribution is -0.0206. The van der Waals surface area contributed by atoms with Gasteiger partial charge in [-0.25, -0.2) is 0 Å². The highest BCUT2D eigenvalue weighted by molar-refractivity contribution is 9.10. The number of nitrogens with one attached hydrogen (secondary N) is 1. The van der Waals surface area contributed by atoms with Gasteiger partial charge in [-0.3, -0.25) is 0 Å². The number of benzene rings is 2. The Morgan fingerprint density at radius 1 is 1.00 bits per heavy atom. The van der Waals surface area contributed by atoms with E-state index in [-0.39, 0.29) is 0 Å². The molecule has 4 heteroatoms. The lowest BCUT2D eigenvalue weighted by Crippen LogP contribution is -2.58. The van der Waals surface area contributed by atoms with Gasteiger partial charge in [0.2, 0.25) is 0 Å². The molecule has 0 unspecified atom stereocenters. The first-order valence-corrected chi connectivity index (χ1v) is 12.1. The van der Waals surface area contributed by atoms with Crippen LogP contribution in [0, 0.1) is 24.7 Å². The van der Waals surface area contributed by atoms with Gasteiger partial charge in [0.1, 0.15) is 6.61 Å². The van der Waals surface area contributed by atoms with Crippen molar-refractivity contribution in [3.8, 4) is 11.5 Å². The topological polar surface area (TPSA) is 30.5 Å². The van der Waals surface area contributed by atoms with Crippen molar-refractivity contribution in [2.45, 2.75) is 64.1 Å². The van der Waals surface area contributed by atoms with Crippen molar-refractivity contribution < 1.29 is 9.47 Å². The summed E-state index contributed by atoms with van der Waals surface area (Å²) in [6, 6.07) is 12.7. The molecule has 0 aliphatic heterocycles. The van der Waals surface area contributed by atoms with Gasteiger partial charge in [0.15, 0.2) is 11.5 Å². The van der Waals surface area contributed by atoms with Crippen LogP contribution in [-0.2, 0) is 13.2 Å². The molecule has 0 heterocycles. The summed E-state index contributed by atoms with van der Waals surface area (Å²) in [5.41, 5.74) is 4.02. The maximum atomic E-state index is 6.14. The third-order valence-electron chi connectivity index (χ3n) is 7.46. The maximum Gasteiger partial charge on any atom is 0.175 e. The lowest BCUT2D eigenvalue weighted by Gasteiger charge is -2.57. The first kappa shape index (κ1) is 20.4. The highest BCUT2D eigenvalue weighted by Crippen LogP contribution is 2.55. The molecule has 4 bridgehead atoms. The molecule has 6 rings (SSSR count). The Morgan fingerprint density at radius 3 is 2.33 bits per heavy atom. The number of halogens is 1. The van der Waals surface area contributed by atoms with E-state index in [0.29, 0.717) is 12.1 Å². The van der Waals surface area contributed by atoms with Gasteiger partial charge < -0.3 is 14.8 Å². The van der Waals surface area contributed by atoms with Gasteiger partial charge in [-0.05, 0) is 102 Å². The second-order valence-corrected chi connectivity index (χ2v) is 10.8.